The zero-order valence-electron chi connectivity index (χ0n) is 8.44. The lowest BCUT2D eigenvalue weighted by Gasteiger charge is -2.01. The summed E-state index contributed by atoms with van der Waals surface area (Å²) < 4.78 is 0. The van der Waals surface area contributed by atoms with Crippen LogP contribution >= 0.6 is 0 Å². The van der Waals surface area contributed by atoms with Gasteiger partial charge in [0.05, 0.1) is 11.3 Å². The monoisotopic (exact) mass is 194 g/mol. The summed E-state index contributed by atoms with van der Waals surface area (Å²) in [5.74, 6) is 0. The van der Waals surface area contributed by atoms with Crippen LogP contribution in [0.25, 0.3) is 11.3 Å². The molecule has 1 aromatic carbocycles. The molecule has 2 rings (SSSR count). The molecule has 2 nitrogen and oxygen atoms in total. The van der Waals surface area contributed by atoms with Gasteiger partial charge in [-0.25, -0.2) is 0 Å². The van der Waals surface area contributed by atoms with Crippen molar-refractivity contribution in [2.24, 2.45) is 0 Å². The molecule has 1 aromatic heterocycles. The van der Waals surface area contributed by atoms with E-state index in [0.717, 1.165) is 11.3 Å². The Balaban J connectivity index is 2.42. The highest BCUT2D eigenvalue weighted by Crippen LogP contribution is 2.17. The van der Waals surface area contributed by atoms with Gasteiger partial charge in [-0.15, -0.1) is 0 Å². The number of benzene rings is 1. The number of aromatic nitrogens is 1. The first-order valence-electron chi connectivity index (χ1n) is 4.73. The first-order valence-corrected chi connectivity index (χ1v) is 4.73. The van der Waals surface area contributed by atoms with Gasteiger partial charge >= 0.3 is 0 Å². The van der Waals surface area contributed by atoms with E-state index in [2.05, 4.69) is 17.1 Å². The normalized spacial score (nSPS) is 9.60. The Kier molecular flexibility index (Phi) is 2.47. The Hall–Kier alpha value is -2.14. The van der Waals surface area contributed by atoms with Crippen LogP contribution in [0.15, 0.2) is 42.6 Å². The van der Waals surface area contributed by atoms with Gasteiger partial charge in [0, 0.05) is 11.8 Å². The first-order chi connectivity index (χ1) is 7.29. The van der Waals surface area contributed by atoms with Gasteiger partial charge in [-0.05, 0) is 25.1 Å². The molecular weight excluding hydrogens is 184 g/mol. The summed E-state index contributed by atoms with van der Waals surface area (Å²) in [4.78, 5) is 4.24. The molecule has 2 heteroatoms. The number of nitrogens with zero attached hydrogens (tertiary/aromatic N) is 2. The zero-order valence-corrected chi connectivity index (χ0v) is 8.44. The van der Waals surface area contributed by atoms with E-state index in [1.807, 2.05) is 31.2 Å². The maximum atomic E-state index is 8.65. The van der Waals surface area contributed by atoms with Crippen molar-refractivity contribution < 1.29 is 0 Å². The number of pyridine rings is 1. The van der Waals surface area contributed by atoms with Gasteiger partial charge in [0.15, 0.2) is 0 Å². The Morgan fingerprint density at radius 1 is 1.20 bits per heavy atom. The summed E-state index contributed by atoms with van der Waals surface area (Å²) in [6.45, 7) is 2.05. The third-order valence-electron chi connectivity index (χ3n) is 2.21. The largest absolute Gasteiger partial charge is 0.255 e. The molecule has 0 radical (unpaired) electrons. The molecule has 0 amide bonds. The predicted octanol–water partition coefficient (Wildman–Crippen LogP) is 2.93. The zero-order chi connectivity index (χ0) is 10.7. The van der Waals surface area contributed by atoms with Crippen molar-refractivity contribution in [1.82, 2.24) is 4.98 Å². The number of nitriles is 1. The van der Waals surface area contributed by atoms with E-state index >= 15 is 0 Å². The molecule has 15 heavy (non-hydrogen) atoms. The summed E-state index contributed by atoms with van der Waals surface area (Å²) in [5.41, 5.74) is 3.78. The molecule has 0 aliphatic heterocycles. The van der Waals surface area contributed by atoms with E-state index in [1.54, 1.807) is 12.3 Å². The van der Waals surface area contributed by atoms with Crippen LogP contribution in [0, 0.1) is 18.3 Å². The number of hydrogen-bond donors (Lipinski definition) is 0. The van der Waals surface area contributed by atoms with Crippen LogP contribution in [0.2, 0.25) is 0 Å². The van der Waals surface area contributed by atoms with E-state index in [1.165, 1.54) is 5.56 Å². The van der Waals surface area contributed by atoms with E-state index < -0.39 is 0 Å². The average molecular weight is 194 g/mol. The third kappa shape index (κ3) is 2.03. The Morgan fingerprint density at radius 3 is 2.67 bits per heavy atom. The van der Waals surface area contributed by atoms with Crippen LogP contribution in [-0.2, 0) is 0 Å². The third-order valence-corrected chi connectivity index (χ3v) is 2.21. The highest BCUT2D eigenvalue weighted by atomic mass is 14.7. The average Bonchev–Trinajstić information content (AvgIpc) is 2.29. The van der Waals surface area contributed by atoms with E-state index in [9.17, 15) is 0 Å². The van der Waals surface area contributed by atoms with Crippen molar-refractivity contribution in [3.05, 3.63) is 53.7 Å². The Labute approximate surface area is 88.8 Å². The second-order valence-corrected chi connectivity index (χ2v) is 3.41. The van der Waals surface area contributed by atoms with Gasteiger partial charge in [-0.1, -0.05) is 23.8 Å². The lowest BCUT2D eigenvalue weighted by molar-refractivity contribution is 1.29. The molecule has 2 aromatic rings. The Bertz CT molecular complexity index is 507. The summed E-state index contributed by atoms with van der Waals surface area (Å²) in [6.07, 6.45) is 1.59. The molecule has 0 saturated heterocycles. The standard InChI is InChI=1S/C13H10N2/c1-10-3-2-4-12(7-10)13-6-5-11(8-14)9-15-13/h2-7,9H,1H3. The van der Waals surface area contributed by atoms with Crippen molar-refractivity contribution in [3.63, 3.8) is 0 Å². The lowest BCUT2D eigenvalue weighted by atomic mass is 10.1. The number of rotatable bonds is 1. The molecule has 0 N–H and O–H groups in total. The minimum absolute atomic E-state index is 0.589. The molecule has 0 unspecified atom stereocenters. The summed E-state index contributed by atoms with van der Waals surface area (Å²) in [7, 11) is 0. The molecule has 0 spiro atoms. The van der Waals surface area contributed by atoms with Crippen LogP contribution in [-0.4, -0.2) is 4.98 Å². The molecular formula is C13H10N2. The maximum absolute atomic E-state index is 8.65. The fraction of sp³-hybridized carbons (Fsp3) is 0.0769. The second kappa shape index (κ2) is 3.93. The molecule has 0 aliphatic rings. The molecule has 0 aliphatic carbocycles. The van der Waals surface area contributed by atoms with E-state index in [-0.39, 0.29) is 0 Å². The number of aryl methyl sites for hydroxylation is 1. The SMILES string of the molecule is Cc1cccc(-c2ccc(C#N)cn2)c1. The van der Waals surface area contributed by atoms with Crippen LogP contribution in [0.3, 0.4) is 0 Å². The van der Waals surface area contributed by atoms with Gasteiger partial charge in [0.1, 0.15) is 6.07 Å². The molecule has 0 bridgehead atoms. The van der Waals surface area contributed by atoms with Gasteiger partial charge in [-0.2, -0.15) is 5.26 Å². The smallest absolute Gasteiger partial charge is 0.101 e. The summed E-state index contributed by atoms with van der Waals surface area (Å²) in [5, 5.41) is 8.65. The summed E-state index contributed by atoms with van der Waals surface area (Å²) >= 11 is 0. The van der Waals surface area contributed by atoms with E-state index in [0.29, 0.717) is 5.56 Å². The van der Waals surface area contributed by atoms with Gasteiger partial charge < -0.3 is 0 Å². The molecule has 0 fully saturated rings. The molecule has 0 saturated carbocycles. The second-order valence-electron chi connectivity index (χ2n) is 3.41. The van der Waals surface area contributed by atoms with Crippen LogP contribution in [0.5, 0.6) is 0 Å². The van der Waals surface area contributed by atoms with Gasteiger partial charge in [0.25, 0.3) is 0 Å². The minimum Gasteiger partial charge on any atom is -0.255 e. The fourth-order valence-electron chi connectivity index (χ4n) is 1.44. The predicted molar refractivity (Wildman–Crippen MR) is 59.1 cm³/mol. The van der Waals surface area contributed by atoms with Gasteiger partial charge in [-0.3, -0.25) is 4.98 Å². The Morgan fingerprint density at radius 2 is 2.07 bits per heavy atom. The quantitative estimate of drug-likeness (QED) is 0.699. The molecule has 1 heterocycles. The van der Waals surface area contributed by atoms with Crippen LogP contribution in [0.1, 0.15) is 11.1 Å². The maximum Gasteiger partial charge on any atom is 0.101 e. The fourth-order valence-corrected chi connectivity index (χ4v) is 1.44. The first kappa shape index (κ1) is 9.42. The van der Waals surface area contributed by atoms with E-state index in [4.69, 9.17) is 5.26 Å². The topological polar surface area (TPSA) is 36.7 Å². The highest BCUT2D eigenvalue weighted by molar-refractivity contribution is 5.60. The van der Waals surface area contributed by atoms with Crippen molar-refractivity contribution in [2.75, 3.05) is 0 Å². The highest BCUT2D eigenvalue weighted by Gasteiger charge is 1.98. The van der Waals surface area contributed by atoms with Gasteiger partial charge in [0.2, 0.25) is 0 Å². The van der Waals surface area contributed by atoms with Crippen LogP contribution in [0.4, 0.5) is 0 Å². The van der Waals surface area contributed by atoms with Crippen molar-refractivity contribution >= 4 is 0 Å². The minimum atomic E-state index is 0.589. The summed E-state index contributed by atoms with van der Waals surface area (Å²) in [6, 6.07) is 13.9. The van der Waals surface area contributed by atoms with Crippen molar-refractivity contribution in [1.29, 1.82) is 5.26 Å². The molecule has 72 valence electrons. The molecule has 0 atom stereocenters. The number of hydrogen-bond acceptors (Lipinski definition) is 2. The van der Waals surface area contributed by atoms with Crippen molar-refractivity contribution in [2.45, 2.75) is 6.92 Å². The van der Waals surface area contributed by atoms with Crippen LogP contribution < -0.4 is 0 Å². The lowest BCUT2D eigenvalue weighted by Crippen LogP contribution is -1.85. The van der Waals surface area contributed by atoms with Crippen molar-refractivity contribution in [3.8, 4) is 17.3 Å².